The van der Waals surface area contributed by atoms with Gasteiger partial charge in [-0.25, -0.2) is 27.8 Å². The van der Waals surface area contributed by atoms with Gasteiger partial charge >= 0.3 is 0 Å². The molecule has 0 aliphatic rings. The fourth-order valence-electron chi connectivity index (χ4n) is 3.04. The molecule has 0 saturated carbocycles. The second-order valence-electron chi connectivity index (χ2n) is 6.97. The van der Waals surface area contributed by atoms with Crippen LogP contribution in [0.4, 0.5) is 19.0 Å². The van der Waals surface area contributed by atoms with E-state index < -0.39 is 35.6 Å². The Morgan fingerprint density at radius 1 is 1.29 bits per heavy atom. The zero-order valence-electron chi connectivity index (χ0n) is 16.6. The normalized spacial score (nSPS) is 12.1. The van der Waals surface area contributed by atoms with E-state index in [1.807, 2.05) is 9.24 Å². The lowest BCUT2D eigenvalue weighted by molar-refractivity contribution is -0.117. The number of halogens is 3. The predicted molar refractivity (Wildman–Crippen MR) is 112 cm³/mol. The molecule has 0 radical (unpaired) electrons. The Morgan fingerprint density at radius 2 is 2.03 bits per heavy atom. The summed E-state index contributed by atoms with van der Waals surface area (Å²) in [6.45, 7) is 2.95. The summed E-state index contributed by atoms with van der Waals surface area (Å²) < 4.78 is 42.9. The molecule has 0 aliphatic carbocycles. The van der Waals surface area contributed by atoms with Gasteiger partial charge in [-0.15, -0.1) is 0 Å². The Balaban J connectivity index is 2.09. The van der Waals surface area contributed by atoms with Crippen molar-refractivity contribution in [3.63, 3.8) is 0 Å². The first-order valence-corrected chi connectivity index (χ1v) is 9.91. The Morgan fingerprint density at radius 3 is 2.65 bits per heavy atom. The molecular weight excluding hydrogens is 430 g/mol. The van der Waals surface area contributed by atoms with Gasteiger partial charge in [0.25, 0.3) is 5.56 Å². The number of rotatable bonds is 6. The van der Waals surface area contributed by atoms with Crippen molar-refractivity contribution in [3.8, 4) is 11.1 Å². The standard InChI is InChI=1S/C20H19F3N5O2P/c1-10(2)17-15(11-4-3-5-12(21)6-11)16(18(23)31)20(30)28(27-17)8-14(29)26-19-13(22)7-24-9-25-19/h3-7,9-10,18H,8,31H2,1-2H3,(H,24,25,26,29). The van der Waals surface area contributed by atoms with Crippen LogP contribution in [0.15, 0.2) is 41.6 Å². The van der Waals surface area contributed by atoms with Gasteiger partial charge in [0.2, 0.25) is 5.91 Å². The smallest absolute Gasteiger partial charge is 0.274 e. The summed E-state index contributed by atoms with van der Waals surface area (Å²) in [5.74, 6) is -4.62. The number of carbonyl (C=O) groups is 1. The van der Waals surface area contributed by atoms with E-state index >= 15 is 0 Å². The summed E-state index contributed by atoms with van der Waals surface area (Å²) in [6, 6.07) is 5.42. The SMILES string of the molecule is CC(C)c1nn(CC(=O)Nc2ncncc2F)c(=O)c(C(F)P)c1-c1cccc(F)c1. The molecule has 3 aromatic rings. The Labute approximate surface area is 177 Å². The lowest BCUT2D eigenvalue weighted by atomic mass is 9.94. The first-order chi connectivity index (χ1) is 14.7. The summed E-state index contributed by atoms with van der Waals surface area (Å²) in [4.78, 5) is 32.4. The summed E-state index contributed by atoms with van der Waals surface area (Å²) in [5.41, 5.74) is -0.334. The number of hydrogen-bond donors (Lipinski definition) is 1. The monoisotopic (exact) mass is 449 g/mol. The van der Waals surface area contributed by atoms with Crippen LogP contribution in [0.2, 0.25) is 0 Å². The molecule has 2 unspecified atom stereocenters. The number of alkyl halides is 1. The molecule has 0 bridgehead atoms. The Hall–Kier alpha value is -3.13. The summed E-state index contributed by atoms with van der Waals surface area (Å²) in [5, 5.41) is 6.47. The van der Waals surface area contributed by atoms with E-state index in [1.54, 1.807) is 19.9 Å². The fourth-order valence-corrected chi connectivity index (χ4v) is 3.35. The van der Waals surface area contributed by atoms with Crippen LogP contribution in [0, 0.1) is 11.6 Å². The first kappa shape index (κ1) is 22.6. The molecule has 2 atom stereocenters. The predicted octanol–water partition coefficient (Wildman–Crippen LogP) is 3.58. The van der Waals surface area contributed by atoms with Gasteiger partial charge < -0.3 is 5.32 Å². The minimum atomic E-state index is -1.79. The molecule has 0 spiro atoms. The van der Waals surface area contributed by atoms with Gasteiger partial charge in [-0.2, -0.15) is 5.10 Å². The number of amides is 1. The highest BCUT2D eigenvalue weighted by Gasteiger charge is 2.25. The number of anilines is 1. The van der Waals surface area contributed by atoms with Crippen LogP contribution >= 0.6 is 9.24 Å². The second-order valence-corrected chi connectivity index (χ2v) is 7.56. The molecule has 7 nitrogen and oxygen atoms in total. The molecular formula is C20H19F3N5O2P. The molecule has 162 valence electrons. The van der Waals surface area contributed by atoms with Gasteiger partial charge in [0.05, 0.1) is 17.5 Å². The number of aromatic nitrogens is 4. The Kier molecular flexibility index (Phi) is 6.80. The molecule has 1 N–H and O–H groups in total. The van der Waals surface area contributed by atoms with Crippen LogP contribution in [0.25, 0.3) is 11.1 Å². The van der Waals surface area contributed by atoms with E-state index in [4.69, 9.17) is 0 Å². The number of nitrogens with zero attached hydrogens (tertiary/aromatic N) is 4. The maximum atomic E-state index is 14.6. The van der Waals surface area contributed by atoms with E-state index in [-0.39, 0.29) is 22.9 Å². The summed E-state index contributed by atoms with van der Waals surface area (Å²) in [6.07, 6.45) is 1.92. The van der Waals surface area contributed by atoms with Crippen LogP contribution in [-0.4, -0.2) is 25.7 Å². The molecule has 0 saturated heterocycles. The van der Waals surface area contributed by atoms with Gasteiger partial charge in [-0.1, -0.05) is 35.2 Å². The van der Waals surface area contributed by atoms with Crippen LogP contribution in [0.1, 0.15) is 36.9 Å². The number of carbonyl (C=O) groups excluding carboxylic acids is 1. The van der Waals surface area contributed by atoms with Crippen molar-refractivity contribution < 1.29 is 18.0 Å². The molecule has 31 heavy (non-hydrogen) atoms. The van der Waals surface area contributed by atoms with E-state index in [9.17, 15) is 22.8 Å². The van der Waals surface area contributed by atoms with Crippen LogP contribution in [-0.2, 0) is 11.3 Å². The zero-order valence-corrected chi connectivity index (χ0v) is 17.8. The number of nitrogens with one attached hydrogen (secondary N) is 1. The van der Waals surface area contributed by atoms with Crippen LogP contribution in [0.3, 0.4) is 0 Å². The average molecular weight is 449 g/mol. The third-order valence-corrected chi connectivity index (χ3v) is 4.71. The third kappa shape index (κ3) is 4.96. The van der Waals surface area contributed by atoms with Gasteiger partial charge in [0.1, 0.15) is 24.6 Å². The van der Waals surface area contributed by atoms with Gasteiger partial charge in [-0.3, -0.25) is 9.59 Å². The van der Waals surface area contributed by atoms with E-state index in [2.05, 4.69) is 20.4 Å². The highest BCUT2D eigenvalue weighted by Crippen LogP contribution is 2.36. The quantitative estimate of drug-likeness (QED) is 0.581. The zero-order chi connectivity index (χ0) is 22.7. The first-order valence-electron chi connectivity index (χ1n) is 9.25. The third-order valence-electron chi connectivity index (χ3n) is 4.37. The topological polar surface area (TPSA) is 89.8 Å². The highest BCUT2D eigenvalue weighted by molar-refractivity contribution is 7.16. The van der Waals surface area contributed by atoms with Crippen molar-refractivity contribution in [2.75, 3.05) is 5.32 Å². The largest absolute Gasteiger partial charge is 0.307 e. The molecule has 0 aliphatic heterocycles. The second kappa shape index (κ2) is 9.34. The minimum Gasteiger partial charge on any atom is -0.307 e. The molecule has 2 aromatic heterocycles. The summed E-state index contributed by atoms with van der Waals surface area (Å²) >= 11 is 0. The molecule has 0 fully saturated rings. The highest BCUT2D eigenvalue weighted by atomic mass is 31.0. The van der Waals surface area contributed by atoms with Gasteiger partial charge in [0, 0.05) is 5.56 Å². The Bertz CT molecular complexity index is 1180. The van der Waals surface area contributed by atoms with E-state index in [0.717, 1.165) is 17.2 Å². The van der Waals surface area contributed by atoms with Crippen molar-refractivity contribution in [1.82, 2.24) is 19.7 Å². The maximum absolute atomic E-state index is 14.6. The minimum absolute atomic E-state index is 0.181. The lowest BCUT2D eigenvalue weighted by Gasteiger charge is -2.19. The van der Waals surface area contributed by atoms with Crippen molar-refractivity contribution in [3.05, 3.63) is 70.0 Å². The van der Waals surface area contributed by atoms with Crippen LogP contribution < -0.4 is 10.9 Å². The van der Waals surface area contributed by atoms with Crippen molar-refractivity contribution in [1.29, 1.82) is 0 Å². The molecule has 1 amide bonds. The molecule has 3 rings (SSSR count). The van der Waals surface area contributed by atoms with Crippen molar-refractivity contribution in [2.24, 2.45) is 0 Å². The van der Waals surface area contributed by atoms with E-state index in [1.165, 1.54) is 18.2 Å². The number of benzene rings is 1. The van der Waals surface area contributed by atoms with E-state index in [0.29, 0.717) is 11.3 Å². The van der Waals surface area contributed by atoms with Gasteiger partial charge in [0.15, 0.2) is 11.6 Å². The van der Waals surface area contributed by atoms with Crippen molar-refractivity contribution in [2.45, 2.75) is 32.2 Å². The molecule has 2 heterocycles. The summed E-state index contributed by atoms with van der Waals surface area (Å²) in [7, 11) is 1.89. The lowest BCUT2D eigenvalue weighted by Crippen LogP contribution is -2.34. The maximum Gasteiger partial charge on any atom is 0.274 e. The number of hydrogen-bond acceptors (Lipinski definition) is 5. The fraction of sp³-hybridized carbons (Fsp3) is 0.250. The average Bonchev–Trinajstić information content (AvgIpc) is 2.70. The van der Waals surface area contributed by atoms with Crippen molar-refractivity contribution >= 4 is 21.0 Å². The molecule has 1 aromatic carbocycles. The van der Waals surface area contributed by atoms with Gasteiger partial charge in [-0.05, 0) is 23.6 Å². The molecule has 11 heteroatoms. The van der Waals surface area contributed by atoms with Crippen LogP contribution in [0.5, 0.6) is 0 Å².